The Bertz CT molecular complexity index is 3740. The van der Waals surface area contributed by atoms with Gasteiger partial charge in [0.1, 0.15) is 0 Å². The van der Waals surface area contributed by atoms with Gasteiger partial charge in [-0.3, -0.25) is 25.2 Å². The maximum Gasteiger partial charge on any atom is 0.325 e. The van der Waals surface area contributed by atoms with Crippen LogP contribution >= 0.6 is 46.2 Å². The second kappa shape index (κ2) is 26.6. The van der Waals surface area contributed by atoms with Gasteiger partial charge in [0.15, 0.2) is 30.2 Å². The molecule has 2 saturated carbocycles. The van der Waals surface area contributed by atoms with Crippen molar-refractivity contribution in [2.45, 2.75) is 91.4 Å². The van der Waals surface area contributed by atoms with Crippen molar-refractivity contribution in [3.05, 3.63) is 120 Å². The molecule has 3 aliphatic rings. The van der Waals surface area contributed by atoms with Crippen LogP contribution in [-0.2, 0) is 35.9 Å². The van der Waals surface area contributed by atoms with E-state index in [9.17, 15) is 36.0 Å². The number of tetrazole rings is 2. The molecule has 5 aromatic heterocycles. The van der Waals surface area contributed by atoms with E-state index in [0.29, 0.717) is 48.8 Å². The number of thioether (sulfide) groups is 2. The minimum atomic E-state index is -4.13. The van der Waals surface area contributed by atoms with Gasteiger partial charge in [-0.15, -0.1) is 23.5 Å². The number of urea groups is 2. The highest BCUT2D eigenvalue weighted by Crippen LogP contribution is 2.38. The Kier molecular flexibility index (Phi) is 18.7. The molecule has 0 unspecified atom stereocenters. The zero-order valence-corrected chi connectivity index (χ0v) is 48.3. The predicted molar refractivity (Wildman–Crippen MR) is 307 cm³/mol. The molecule has 6 N–H and O–H groups in total. The number of nitrogens with zero attached hydrogens (tertiary/aromatic N) is 10. The predicted octanol–water partition coefficient (Wildman–Crippen LogP) is 8.83. The number of thiazole rings is 2. The van der Waals surface area contributed by atoms with Gasteiger partial charge in [-0.25, -0.2) is 46.6 Å². The van der Waals surface area contributed by atoms with Crippen LogP contribution in [0.3, 0.4) is 0 Å². The van der Waals surface area contributed by atoms with Crippen molar-refractivity contribution in [3.63, 3.8) is 0 Å². The van der Waals surface area contributed by atoms with Crippen molar-refractivity contribution >= 4 is 117 Å². The van der Waals surface area contributed by atoms with Crippen LogP contribution in [0.2, 0.25) is 0 Å². The number of hydrogen-bond acceptors (Lipinski definition) is 23. The molecule has 3 aromatic carbocycles. The minimum absolute atomic E-state index is 0.0106. The van der Waals surface area contributed by atoms with E-state index in [1.807, 2.05) is 72.8 Å². The normalized spacial score (nSPS) is 14.9. The van der Waals surface area contributed by atoms with Crippen LogP contribution in [0.25, 0.3) is 0 Å². The molecule has 6 heterocycles. The number of pyridine rings is 1. The Morgan fingerprint density at radius 2 is 1.09 bits per heavy atom. The number of aromatic amines is 2. The van der Waals surface area contributed by atoms with Crippen LogP contribution in [0.1, 0.15) is 83.5 Å². The first-order chi connectivity index (χ1) is 39.8. The van der Waals surface area contributed by atoms with E-state index in [1.54, 1.807) is 12.1 Å². The number of ketones is 2. The van der Waals surface area contributed by atoms with Crippen molar-refractivity contribution in [1.82, 2.24) is 56.2 Å². The number of hydrogen-bond donors (Lipinski definition) is 6. The summed E-state index contributed by atoms with van der Waals surface area (Å²) < 4.78 is 58.3. The molecule has 0 spiro atoms. The summed E-state index contributed by atoms with van der Waals surface area (Å²) in [7, 11) is -8.23. The summed E-state index contributed by atoms with van der Waals surface area (Å²) >= 11 is 4.40. The number of carbonyl (C=O) groups excluding carboxylic acids is 4. The Morgan fingerprint density at radius 1 is 0.610 bits per heavy atom. The molecule has 82 heavy (non-hydrogen) atoms. The molecule has 2 aliphatic carbocycles. The van der Waals surface area contributed by atoms with E-state index < -0.39 is 42.0 Å². The zero-order chi connectivity index (χ0) is 57.1. The zero-order valence-electron chi connectivity index (χ0n) is 43.4. The Morgan fingerprint density at radius 3 is 1.56 bits per heavy atom. The van der Waals surface area contributed by atoms with Gasteiger partial charge < -0.3 is 20.3 Å². The van der Waals surface area contributed by atoms with Crippen LogP contribution in [0.5, 0.6) is 0 Å². The highest BCUT2D eigenvalue weighted by molar-refractivity contribution is 7.99. The van der Waals surface area contributed by atoms with Gasteiger partial charge in [0, 0.05) is 69.9 Å². The quantitative estimate of drug-likeness (QED) is 0.0325. The second-order valence-corrected chi connectivity index (χ2v) is 26.9. The third kappa shape index (κ3) is 14.0. The van der Waals surface area contributed by atoms with E-state index in [0.717, 1.165) is 89.5 Å². The molecule has 0 atom stereocenters. The van der Waals surface area contributed by atoms with E-state index in [1.165, 1.54) is 35.9 Å². The highest BCUT2D eigenvalue weighted by atomic mass is 32.2. The van der Waals surface area contributed by atoms with Crippen molar-refractivity contribution in [2.75, 3.05) is 52.5 Å². The average Bonchev–Trinajstić information content (AvgIpc) is 4.07. The molecule has 1 aliphatic heterocycles. The topological polar surface area (TPSA) is 345 Å². The van der Waals surface area contributed by atoms with Gasteiger partial charge >= 0.3 is 12.1 Å². The average molecular weight is 1230 g/mol. The third-order valence-electron chi connectivity index (χ3n) is 13.3. The number of morpholine rings is 1. The summed E-state index contributed by atoms with van der Waals surface area (Å²) in [5.74, 6) is 0.254. The first-order valence-corrected chi connectivity index (χ1v) is 32.3. The monoisotopic (exact) mass is 1220 g/mol. The van der Waals surface area contributed by atoms with Crippen LogP contribution in [-0.4, -0.2) is 123 Å². The number of nitrogens with one attached hydrogen (secondary N) is 6. The van der Waals surface area contributed by atoms with Crippen LogP contribution in [0.4, 0.5) is 36.9 Å². The molecule has 1 saturated heterocycles. The number of amides is 4. The van der Waals surface area contributed by atoms with E-state index in [-0.39, 0.29) is 65.0 Å². The first kappa shape index (κ1) is 57.7. The van der Waals surface area contributed by atoms with Gasteiger partial charge in [-0.05, 0) is 95.1 Å². The number of anilines is 5. The summed E-state index contributed by atoms with van der Waals surface area (Å²) in [5, 5.41) is 35.2. The van der Waals surface area contributed by atoms with Crippen LogP contribution < -0.4 is 26.2 Å². The Labute approximate surface area is 486 Å². The standard InChI is InChI=1S/C28H30N8O5S3.C23H22N8O4S3/c37-24(18-6-4-5-7-18)21-16-19(36-12-14-41-15-13-36)10-11-22(21)29-26(38)31-27-30-23(17-42-20-8-2-1-3-9-20)25(43-27)44(39,40)28-32-34-35-33-28;32-19(14-6-4-5-7-14)16-12-24-11-10-17(16)25-21(33)27-22-26-18(13-36-15-8-2-1-3-9-15)20(37-22)38(34,35)23-28-30-31-29-23/h1-3,8-11,16,18H,4-7,12-15,17H2,(H2,29,30,31,38)(H,32,33,34,35);1-3,8-12,14H,4-7,13H2,(H,28,29,30,31)(H2,24,25,26,27,33). The first-order valence-electron chi connectivity index (χ1n) is 25.8. The molecule has 0 bridgehead atoms. The minimum Gasteiger partial charge on any atom is -0.378 e. The number of rotatable bonds is 19. The second-order valence-electron chi connectivity index (χ2n) is 18.7. The molecule has 11 rings (SSSR count). The number of sulfone groups is 2. The third-order valence-corrected chi connectivity index (χ3v) is 21.6. The molecule has 8 aromatic rings. The molecule has 426 valence electrons. The molecule has 3 fully saturated rings. The van der Waals surface area contributed by atoms with Crippen LogP contribution in [0.15, 0.2) is 126 Å². The van der Waals surface area contributed by atoms with Crippen molar-refractivity contribution in [2.24, 2.45) is 11.8 Å². The lowest BCUT2D eigenvalue weighted by Gasteiger charge is -2.29. The number of ether oxygens (including phenoxy) is 1. The van der Waals surface area contributed by atoms with Crippen molar-refractivity contribution < 1.29 is 40.8 Å². The lowest BCUT2D eigenvalue weighted by Crippen LogP contribution is -2.36. The summed E-state index contributed by atoms with van der Waals surface area (Å²) in [6.07, 6.45) is 10.3. The molecule has 25 nitrogen and oxygen atoms in total. The fourth-order valence-electron chi connectivity index (χ4n) is 9.31. The summed E-state index contributed by atoms with van der Waals surface area (Å²) in [6, 6.07) is 24.6. The number of carbonyl (C=O) groups is 4. The van der Waals surface area contributed by atoms with E-state index in [2.05, 4.69) is 82.4 Å². The van der Waals surface area contributed by atoms with Gasteiger partial charge in [-0.1, -0.05) is 95.0 Å². The number of H-pyrrole nitrogens is 2. The molecule has 4 amide bonds. The summed E-state index contributed by atoms with van der Waals surface area (Å²) in [4.78, 5) is 69.6. The van der Waals surface area contributed by atoms with E-state index in [4.69, 9.17) is 4.74 Å². The maximum absolute atomic E-state index is 13.6. The molecule has 31 heteroatoms. The molecular weight excluding hydrogens is 1170 g/mol. The number of Topliss-reactive ketones (excluding diaryl/α,β-unsaturated/α-hetero) is 2. The molecular formula is C51H52N16O9S6. The lowest BCUT2D eigenvalue weighted by atomic mass is 9.94. The van der Waals surface area contributed by atoms with Crippen molar-refractivity contribution in [3.8, 4) is 0 Å². The summed E-state index contributed by atoms with van der Waals surface area (Å²) in [6.45, 7) is 2.65. The number of aromatic nitrogens is 11. The summed E-state index contributed by atoms with van der Waals surface area (Å²) in [5.41, 5.74) is 2.91. The largest absolute Gasteiger partial charge is 0.378 e. The van der Waals surface area contributed by atoms with Crippen LogP contribution in [0, 0.1) is 11.8 Å². The molecule has 0 radical (unpaired) electrons. The van der Waals surface area contributed by atoms with Crippen molar-refractivity contribution in [1.29, 1.82) is 0 Å². The lowest BCUT2D eigenvalue weighted by molar-refractivity contribution is 0.0916. The van der Waals surface area contributed by atoms with Gasteiger partial charge in [0.2, 0.25) is 0 Å². The Hall–Kier alpha value is -7.55. The maximum atomic E-state index is 13.6. The van der Waals surface area contributed by atoms with Gasteiger partial charge in [0.25, 0.3) is 30.0 Å². The number of benzene rings is 3. The Balaban J connectivity index is 0.000000186. The van der Waals surface area contributed by atoms with E-state index >= 15 is 0 Å². The smallest absolute Gasteiger partial charge is 0.325 e. The highest BCUT2D eigenvalue weighted by Gasteiger charge is 2.33. The fourth-order valence-corrected chi connectivity index (χ4v) is 16.5. The van der Waals surface area contributed by atoms with Gasteiger partial charge in [0.05, 0.1) is 41.5 Å². The SMILES string of the molecule is O=C(Nc1nc(CSc2ccccc2)c(S(=O)(=O)c2nnn[nH]2)s1)Nc1ccc(N2CCOCC2)cc1C(=O)C1CCCC1.O=C(Nc1nc(CSc2ccccc2)c(S(=O)(=O)c2nnn[nH]2)s1)Nc1ccncc1C(=O)C1CCCC1. The fraction of sp³-hybridized carbons (Fsp3) is 0.314. The van der Waals surface area contributed by atoms with Gasteiger partial charge in [-0.2, -0.15) is 0 Å².